The number of amides is 1. The van der Waals surface area contributed by atoms with Crippen molar-refractivity contribution in [3.8, 4) is 0 Å². The molecule has 0 spiro atoms. The molecule has 1 amide bonds. The number of hydrogen-bond acceptors (Lipinski definition) is 6. The predicted octanol–water partition coefficient (Wildman–Crippen LogP) is 3.25. The summed E-state index contributed by atoms with van der Waals surface area (Å²) in [5.74, 6) is -0.747. The number of likely N-dealkylation sites (tertiary alicyclic amines) is 1. The topological polar surface area (TPSA) is 88.4 Å². The van der Waals surface area contributed by atoms with Gasteiger partial charge in [-0.05, 0) is 28.8 Å². The molecule has 176 valence electrons. The van der Waals surface area contributed by atoms with Gasteiger partial charge in [0.25, 0.3) is 5.91 Å². The Morgan fingerprint density at radius 3 is 2.06 bits per heavy atom. The van der Waals surface area contributed by atoms with Crippen LogP contribution in [0, 0.1) is 0 Å². The largest absolute Gasteiger partial charge is 0.451 e. The van der Waals surface area contributed by atoms with Crippen molar-refractivity contribution in [3.63, 3.8) is 0 Å². The first-order valence-electron chi connectivity index (χ1n) is 11.3. The van der Waals surface area contributed by atoms with Crippen molar-refractivity contribution in [1.82, 2.24) is 4.90 Å². The first-order chi connectivity index (χ1) is 17.1. The van der Waals surface area contributed by atoms with Gasteiger partial charge < -0.3 is 14.6 Å². The Hall–Kier alpha value is -4.23. The van der Waals surface area contributed by atoms with Gasteiger partial charge in [0.2, 0.25) is 12.1 Å². The fourth-order valence-electron chi connectivity index (χ4n) is 4.31. The van der Waals surface area contributed by atoms with Crippen LogP contribution in [0.5, 0.6) is 0 Å². The molecule has 0 aromatic heterocycles. The Balaban J connectivity index is 1.41. The lowest BCUT2D eigenvalue weighted by Gasteiger charge is -2.44. The van der Waals surface area contributed by atoms with Gasteiger partial charge in [-0.3, -0.25) is 9.69 Å². The molecule has 2 unspecified atom stereocenters. The van der Waals surface area contributed by atoms with Crippen LogP contribution < -0.4 is 0 Å². The number of fused-ring (bicyclic) bond motifs is 1. The maximum atomic E-state index is 13.5. The zero-order valence-corrected chi connectivity index (χ0v) is 18.9. The average Bonchev–Trinajstić information content (AvgIpc) is 3.31. The minimum Gasteiger partial charge on any atom is -0.451 e. The summed E-state index contributed by atoms with van der Waals surface area (Å²) in [5.41, 5.74) is 2.43. The van der Waals surface area contributed by atoms with Crippen LogP contribution in [-0.4, -0.2) is 52.7 Å². The Morgan fingerprint density at radius 2 is 1.51 bits per heavy atom. The molecular formula is C28H24N2O5. The zero-order chi connectivity index (χ0) is 24.4. The summed E-state index contributed by atoms with van der Waals surface area (Å²) in [5, 5.41) is 9.83. The highest BCUT2D eigenvalue weighted by molar-refractivity contribution is 6.03. The van der Waals surface area contributed by atoms with E-state index >= 15 is 0 Å². The van der Waals surface area contributed by atoms with Gasteiger partial charge in [-0.25, -0.2) is 9.79 Å². The molecule has 35 heavy (non-hydrogen) atoms. The van der Waals surface area contributed by atoms with E-state index in [1.54, 1.807) is 0 Å². The number of hydrogen-bond donors (Lipinski definition) is 1. The molecule has 0 radical (unpaired) electrons. The third kappa shape index (κ3) is 4.22. The molecule has 0 bridgehead atoms. The monoisotopic (exact) mass is 468 g/mol. The van der Waals surface area contributed by atoms with Gasteiger partial charge in [0, 0.05) is 5.56 Å². The van der Waals surface area contributed by atoms with E-state index in [9.17, 15) is 14.7 Å². The minimum absolute atomic E-state index is 0.137. The summed E-state index contributed by atoms with van der Waals surface area (Å²) >= 11 is 0. The summed E-state index contributed by atoms with van der Waals surface area (Å²) in [7, 11) is 0. The van der Waals surface area contributed by atoms with E-state index in [0.29, 0.717) is 5.90 Å². The van der Waals surface area contributed by atoms with E-state index in [1.165, 1.54) is 4.90 Å². The van der Waals surface area contributed by atoms with Gasteiger partial charge in [-0.2, -0.15) is 0 Å². The molecule has 1 N–H and O–H groups in total. The van der Waals surface area contributed by atoms with Crippen LogP contribution in [0.3, 0.4) is 0 Å². The van der Waals surface area contributed by atoms with Crippen LogP contribution in [0.25, 0.3) is 0 Å². The van der Waals surface area contributed by atoms with E-state index in [4.69, 9.17) is 9.47 Å². The number of nitrogens with zero attached hydrogens (tertiary/aromatic N) is 2. The number of aliphatic hydroxyl groups excluding tert-OH is 1. The average molecular weight is 469 g/mol. The van der Waals surface area contributed by atoms with Gasteiger partial charge in [-0.1, -0.05) is 85.4 Å². The Morgan fingerprint density at radius 1 is 0.971 bits per heavy atom. The Bertz CT molecular complexity index is 1220. The van der Waals surface area contributed by atoms with Crippen LogP contribution in [0.4, 0.5) is 0 Å². The van der Waals surface area contributed by atoms with Crippen molar-refractivity contribution < 1.29 is 24.2 Å². The van der Waals surface area contributed by atoms with Crippen LogP contribution in [0.1, 0.15) is 22.8 Å². The molecule has 3 atom stereocenters. The molecular weight excluding hydrogens is 444 g/mol. The maximum Gasteiger partial charge on any atom is 0.334 e. The number of carbonyl (C=O) groups is 2. The number of benzene rings is 3. The molecule has 0 saturated carbocycles. The van der Waals surface area contributed by atoms with E-state index in [-0.39, 0.29) is 11.5 Å². The molecule has 7 heteroatoms. The summed E-state index contributed by atoms with van der Waals surface area (Å²) in [4.78, 5) is 32.2. The van der Waals surface area contributed by atoms with Gasteiger partial charge in [-0.15, -0.1) is 0 Å². The van der Waals surface area contributed by atoms with Gasteiger partial charge in [0.15, 0.2) is 18.2 Å². The lowest BCUT2D eigenvalue weighted by Crippen LogP contribution is -2.68. The van der Waals surface area contributed by atoms with Crippen molar-refractivity contribution in [2.75, 3.05) is 6.61 Å². The first-order valence-corrected chi connectivity index (χ1v) is 11.3. The molecule has 2 heterocycles. The van der Waals surface area contributed by atoms with Gasteiger partial charge in [0.1, 0.15) is 0 Å². The number of aliphatic imine (C=N–C) groups is 1. The Kier molecular flexibility index (Phi) is 6.16. The zero-order valence-electron chi connectivity index (χ0n) is 18.9. The number of ether oxygens (including phenoxy) is 2. The molecule has 2 aliphatic rings. The predicted molar refractivity (Wildman–Crippen MR) is 129 cm³/mol. The summed E-state index contributed by atoms with van der Waals surface area (Å²) in [6.45, 7) is 3.35. The van der Waals surface area contributed by atoms with Crippen LogP contribution in [0.2, 0.25) is 0 Å². The lowest BCUT2D eigenvalue weighted by atomic mass is 9.97. The molecule has 7 nitrogen and oxygen atoms in total. The molecule has 5 rings (SSSR count). The molecule has 3 aromatic carbocycles. The van der Waals surface area contributed by atoms with Crippen molar-refractivity contribution in [3.05, 3.63) is 120 Å². The quantitative estimate of drug-likeness (QED) is 0.312. The molecule has 0 aliphatic carbocycles. The number of aliphatic hydroxyl groups is 1. The minimum atomic E-state index is -1.21. The van der Waals surface area contributed by atoms with Gasteiger partial charge >= 0.3 is 5.97 Å². The van der Waals surface area contributed by atoms with Crippen molar-refractivity contribution in [2.24, 2.45) is 4.99 Å². The smallest absolute Gasteiger partial charge is 0.334 e. The highest BCUT2D eigenvalue weighted by atomic mass is 16.6. The van der Waals surface area contributed by atoms with Crippen LogP contribution in [0.15, 0.2) is 108 Å². The fraction of sp³-hybridized carbons (Fsp3) is 0.179. The first kappa shape index (κ1) is 22.6. The summed E-state index contributed by atoms with van der Waals surface area (Å²) < 4.78 is 11.9. The molecule has 1 saturated heterocycles. The number of carbonyl (C=O) groups excluding carboxylic acids is 2. The second-order valence-corrected chi connectivity index (χ2v) is 8.36. The number of esters is 1. The summed E-state index contributed by atoms with van der Waals surface area (Å²) in [6, 6.07) is 26.0. The Labute approximate surface area is 202 Å². The second-order valence-electron chi connectivity index (χ2n) is 8.36. The molecule has 3 aromatic rings. The number of rotatable bonds is 8. The molecule has 1 fully saturated rings. The second kappa shape index (κ2) is 9.56. The standard InChI is InChI=1S/C28H24N2O5/c1-18(17-31)23(30-26(32)22-27(30)35-25(29-22)21-15-9-4-10-16-21)28(33)34-24(19-11-5-2-6-12-19)20-13-7-3-8-14-20/h2-16,22-24,27,31H,1,17H2/t22?,23-,27?/m1/s1. The van der Waals surface area contributed by atoms with Gasteiger partial charge in [0.05, 0.1) is 6.61 Å². The van der Waals surface area contributed by atoms with Crippen LogP contribution >= 0.6 is 0 Å². The molecule has 2 aliphatic heterocycles. The third-order valence-corrected chi connectivity index (χ3v) is 6.09. The van der Waals surface area contributed by atoms with Crippen molar-refractivity contribution in [2.45, 2.75) is 24.4 Å². The SMILES string of the molecule is C=C(CO)[C@H](C(=O)OC(c1ccccc1)c1ccccc1)N1C(=O)C2N=C(c3ccccc3)OC21. The van der Waals surface area contributed by atoms with Crippen molar-refractivity contribution >= 4 is 17.8 Å². The normalized spacial score (nSPS) is 19.3. The van der Waals surface area contributed by atoms with Crippen molar-refractivity contribution in [1.29, 1.82) is 0 Å². The van der Waals surface area contributed by atoms with Crippen LogP contribution in [-0.2, 0) is 19.1 Å². The lowest BCUT2D eigenvalue weighted by molar-refractivity contribution is -0.179. The fourth-order valence-corrected chi connectivity index (χ4v) is 4.31. The van der Waals surface area contributed by atoms with E-state index in [1.807, 2.05) is 91.0 Å². The highest BCUT2D eigenvalue weighted by Gasteiger charge is 2.58. The maximum absolute atomic E-state index is 13.5. The van der Waals surface area contributed by atoms with E-state index in [2.05, 4.69) is 11.6 Å². The third-order valence-electron chi connectivity index (χ3n) is 6.09. The summed E-state index contributed by atoms with van der Waals surface area (Å²) in [6.07, 6.45) is -1.47. The highest BCUT2D eigenvalue weighted by Crippen LogP contribution is 2.36. The number of β-lactam (4-membered cyclic amide) rings is 1. The van der Waals surface area contributed by atoms with E-state index < -0.39 is 37.0 Å². The van der Waals surface area contributed by atoms with E-state index in [0.717, 1.165) is 16.7 Å².